The number of carbonyl (C=O) groups excluding carboxylic acids is 1. The molecule has 1 heterocycles. The second-order valence-corrected chi connectivity index (χ2v) is 2.89. The molecule has 14 heavy (non-hydrogen) atoms. The summed E-state index contributed by atoms with van der Waals surface area (Å²) >= 11 is 0. The van der Waals surface area contributed by atoms with Gasteiger partial charge in [-0.15, -0.1) is 0 Å². The van der Waals surface area contributed by atoms with E-state index in [2.05, 4.69) is 4.98 Å². The van der Waals surface area contributed by atoms with E-state index in [4.69, 9.17) is 0 Å². The predicted octanol–water partition coefficient (Wildman–Crippen LogP) is 2.12. The Bertz CT molecular complexity index is 278. The molecule has 0 saturated carbocycles. The van der Waals surface area contributed by atoms with Gasteiger partial charge in [0.25, 0.3) is 5.91 Å². The first-order valence-corrected chi connectivity index (χ1v) is 4.75. The number of hydrogen-bond acceptors (Lipinski definition) is 2. The van der Waals surface area contributed by atoms with E-state index in [1.807, 2.05) is 26.8 Å². The SMILES string of the molecule is CC.Cc1ccc(C(=O)N(C)C)cn1. The van der Waals surface area contributed by atoms with E-state index in [0.717, 1.165) is 5.69 Å². The van der Waals surface area contributed by atoms with Gasteiger partial charge in [-0.25, -0.2) is 0 Å². The summed E-state index contributed by atoms with van der Waals surface area (Å²) in [6.45, 7) is 5.89. The Kier molecular flexibility index (Phi) is 5.53. The van der Waals surface area contributed by atoms with E-state index in [0.29, 0.717) is 5.56 Å². The average Bonchev–Trinajstić information content (AvgIpc) is 2.21. The van der Waals surface area contributed by atoms with Gasteiger partial charge in [0, 0.05) is 26.0 Å². The summed E-state index contributed by atoms with van der Waals surface area (Å²) < 4.78 is 0. The molecular formula is C11H18N2O. The lowest BCUT2D eigenvalue weighted by molar-refractivity contribution is 0.0827. The van der Waals surface area contributed by atoms with Gasteiger partial charge in [-0.3, -0.25) is 9.78 Å². The van der Waals surface area contributed by atoms with Gasteiger partial charge in [0.05, 0.1) is 5.56 Å². The van der Waals surface area contributed by atoms with Gasteiger partial charge in [-0.05, 0) is 19.1 Å². The molecule has 1 rings (SSSR count). The maximum atomic E-state index is 11.3. The fourth-order valence-corrected chi connectivity index (χ4v) is 0.853. The van der Waals surface area contributed by atoms with Crippen molar-refractivity contribution in [3.63, 3.8) is 0 Å². The van der Waals surface area contributed by atoms with Gasteiger partial charge in [0.15, 0.2) is 0 Å². The van der Waals surface area contributed by atoms with Gasteiger partial charge in [0.2, 0.25) is 0 Å². The Morgan fingerprint density at radius 3 is 2.21 bits per heavy atom. The number of carbonyl (C=O) groups is 1. The molecule has 3 nitrogen and oxygen atoms in total. The standard InChI is InChI=1S/C9H12N2O.C2H6/c1-7-4-5-8(6-10-7)9(12)11(2)3;1-2/h4-6H,1-3H3;1-2H3. The number of pyridine rings is 1. The minimum atomic E-state index is -0.0116. The summed E-state index contributed by atoms with van der Waals surface area (Å²) in [5.41, 5.74) is 1.55. The van der Waals surface area contributed by atoms with Crippen LogP contribution in [0.15, 0.2) is 18.3 Å². The normalized spacial score (nSPS) is 8.64. The fourth-order valence-electron chi connectivity index (χ4n) is 0.853. The van der Waals surface area contributed by atoms with Crippen LogP contribution in [-0.4, -0.2) is 29.9 Å². The van der Waals surface area contributed by atoms with Crippen LogP contribution in [0.3, 0.4) is 0 Å². The molecule has 0 aliphatic carbocycles. The minimum Gasteiger partial charge on any atom is -0.345 e. The summed E-state index contributed by atoms with van der Waals surface area (Å²) in [4.78, 5) is 16.9. The molecule has 0 N–H and O–H groups in total. The third-order valence-electron chi connectivity index (χ3n) is 1.56. The van der Waals surface area contributed by atoms with E-state index in [1.54, 1.807) is 26.4 Å². The second-order valence-electron chi connectivity index (χ2n) is 2.89. The quantitative estimate of drug-likeness (QED) is 0.686. The molecule has 0 atom stereocenters. The molecule has 0 radical (unpaired) electrons. The number of aryl methyl sites for hydroxylation is 1. The number of rotatable bonds is 1. The Morgan fingerprint density at radius 2 is 1.86 bits per heavy atom. The summed E-state index contributed by atoms with van der Waals surface area (Å²) in [7, 11) is 3.45. The van der Waals surface area contributed by atoms with Crippen molar-refractivity contribution in [1.82, 2.24) is 9.88 Å². The molecule has 0 aliphatic heterocycles. The highest BCUT2D eigenvalue weighted by molar-refractivity contribution is 5.93. The van der Waals surface area contributed by atoms with Gasteiger partial charge >= 0.3 is 0 Å². The molecule has 0 bridgehead atoms. The predicted molar refractivity (Wildman–Crippen MR) is 58.3 cm³/mol. The van der Waals surface area contributed by atoms with E-state index in [1.165, 1.54) is 4.90 Å². The van der Waals surface area contributed by atoms with Gasteiger partial charge in [-0.1, -0.05) is 13.8 Å². The van der Waals surface area contributed by atoms with Crippen LogP contribution in [0.1, 0.15) is 29.9 Å². The third kappa shape index (κ3) is 3.56. The number of nitrogens with zero attached hydrogens (tertiary/aromatic N) is 2. The van der Waals surface area contributed by atoms with E-state index >= 15 is 0 Å². The minimum absolute atomic E-state index is 0.0116. The Labute approximate surface area is 85.8 Å². The Balaban J connectivity index is 0.000000791. The lowest BCUT2D eigenvalue weighted by Crippen LogP contribution is -2.21. The van der Waals surface area contributed by atoms with Crippen LogP contribution in [0.5, 0.6) is 0 Å². The lowest BCUT2D eigenvalue weighted by atomic mass is 10.2. The number of aromatic nitrogens is 1. The first-order chi connectivity index (χ1) is 6.61. The summed E-state index contributed by atoms with van der Waals surface area (Å²) in [5.74, 6) is -0.0116. The molecule has 3 heteroatoms. The molecule has 1 aromatic rings. The van der Waals surface area contributed by atoms with E-state index in [9.17, 15) is 4.79 Å². The third-order valence-corrected chi connectivity index (χ3v) is 1.56. The molecule has 0 unspecified atom stereocenters. The van der Waals surface area contributed by atoms with Crippen molar-refractivity contribution >= 4 is 5.91 Å². The van der Waals surface area contributed by atoms with Crippen molar-refractivity contribution in [1.29, 1.82) is 0 Å². The monoisotopic (exact) mass is 194 g/mol. The maximum absolute atomic E-state index is 11.3. The van der Waals surface area contributed by atoms with E-state index in [-0.39, 0.29) is 5.91 Å². The Morgan fingerprint density at radius 1 is 1.29 bits per heavy atom. The lowest BCUT2D eigenvalue weighted by Gasteiger charge is -2.09. The molecule has 0 saturated heterocycles. The van der Waals surface area contributed by atoms with Gasteiger partial charge in [-0.2, -0.15) is 0 Å². The zero-order chi connectivity index (χ0) is 11.1. The highest BCUT2D eigenvalue weighted by Gasteiger charge is 2.06. The zero-order valence-electron chi connectivity index (χ0n) is 9.53. The summed E-state index contributed by atoms with van der Waals surface area (Å²) in [6.07, 6.45) is 1.59. The molecular weight excluding hydrogens is 176 g/mol. The van der Waals surface area contributed by atoms with E-state index < -0.39 is 0 Å². The zero-order valence-corrected chi connectivity index (χ0v) is 9.53. The molecule has 0 aromatic carbocycles. The molecule has 78 valence electrons. The summed E-state index contributed by atoms with van der Waals surface area (Å²) in [6, 6.07) is 3.61. The van der Waals surface area contributed by atoms with Crippen molar-refractivity contribution in [2.75, 3.05) is 14.1 Å². The highest BCUT2D eigenvalue weighted by atomic mass is 16.2. The van der Waals surface area contributed by atoms with Crippen LogP contribution < -0.4 is 0 Å². The van der Waals surface area contributed by atoms with Crippen LogP contribution in [0.2, 0.25) is 0 Å². The van der Waals surface area contributed by atoms with Gasteiger partial charge in [0.1, 0.15) is 0 Å². The topological polar surface area (TPSA) is 33.2 Å². The smallest absolute Gasteiger partial charge is 0.254 e. The molecule has 1 aromatic heterocycles. The first-order valence-electron chi connectivity index (χ1n) is 4.75. The van der Waals surface area contributed by atoms with Crippen molar-refractivity contribution in [2.45, 2.75) is 20.8 Å². The first kappa shape index (κ1) is 12.6. The van der Waals surface area contributed by atoms with Gasteiger partial charge < -0.3 is 4.90 Å². The number of amides is 1. The average molecular weight is 194 g/mol. The Hall–Kier alpha value is -1.38. The van der Waals surface area contributed by atoms with Crippen LogP contribution in [0.25, 0.3) is 0 Å². The largest absolute Gasteiger partial charge is 0.345 e. The molecule has 0 spiro atoms. The van der Waals surface area contributed by atoms with Crippen molar-refractivity contribution in [2.24, 2.45) is 0 Å². The molecule has 0 aliphatic rings. The second kappa shape index (κ2) is 6.13. The van der Waals surface area contributed by atoms with Crippen LogP contribution >= 0.6 is 0 Å². The maximum Gasteiger partial charge on any atom is 0.254 e. The highest BCUT2D eigenvalue weighted by Crippen LogP contribution is 2.01. The fraction of sp³-hybridized carbons (Fsp3) is 0.455. The van der Waals surface area contributed by atoms with Crippen molar-refractivity contribution < 1.29 is 4.79 Å². The van der Waals surface area contributed by atoms with Crippen LogP contribution in [0.4, 0.5) is 0 Å². The molecule has 1 amide bonds. The number of hydrogen-bond donors (Lipinski definition) is 0. The van der Waals surface area contributed by atoms with Crippen molar-refractivity contribution in [3.8, 4) is 0 Å². The summed E-state index contributed by atoms with van der Waals surface area (Å²) in [5, 5.41) is 0. The van der Waals surface area contributed by atoms with Crippen LogP contribution in [-0.2, 0) is 0 Å². The van der Waals surface area contributed by atoms with Crippen LogP contribution in [0, 0.1) is 6.92 Å². The van der Waals surface area contributed by atoms with Crippen molar-refractivity contribution in [3.05, 3.63) is 29.6 Å². The molecule has 0 fully saturated rings.